The summed E-state index contributed by atoms with van der Waals surface area (Å²) in [6.07, 6.45) is 1.72. The minimum Gasteiger partial charge on any atom is -0.339 e. The number of nitrogens with one attached hydrogen (secondary N) is 1. The van der Waals surface area contributed by atoms with E-state index in [9.17, 15) is 13.2 Å². The van der Waals surface area contributed by atoms with Crippen LogP contribution in [0.1, 0.15) is 63.4 Å². The topological polar surface area (TPSA) is 66.5 Å². The van der Waals surface area contributed by atoms with Gasteiger partial charge in [-0.05, 0) is 58.2 Å². The van der Waals surface area contributed by atoms with Gasteiger partial charge in [0.15, 0.2) is 0 Å². The number of nitrogens with zero attached hydrogens (tertiary/aromatic N) is 1. The zero-order valence-corrected chi connectivity index (χ0v) is 16.6. The van der Waals surface area contributed by atoms with E-state index in [-0.39, 0.29) is 16.8 Å². The lowest BCUT2D eigenvalue weighted by molar-refractivity contribution is 0.0722. The van der Waals surface area contributed by atoms with Crippen LogP contribution >= 0.6 is 0 Å². The molecule has 0 atom stereocenters. The summed E-state index contributed by atoms with van der Waals surface area (Å²) in [7, 11) is -1.90. The van der Waals surface area contributed by atoms with Crippen molar-refractivity contribution in [3.63, 3.8) is 0 Å². The van der Waals surface area contributed by atoms with Gasteiger partial charge in [0, 0.05) is 24.2 Å². The summed E-state index contributed by atoms with van der Waals surface area (Å²) in [5.41, 5.74) is 0.619. The SMILES string of the molecule is CCC(CC)N(C)C(=O)c1cc(S(=O)(=O)NC(C)(C)C)ccc1C. The normalized spacial score (nSPS) is 12.5. The Morgan fingerprint density at radius 3 is 2.21 bits per heavy atom. The summed E-state index contributed by atoms with van der Waals surface area (Å²) >= 11 is 0. The first-order valence-corrected chi connectivity index (χ1v) is 9.83. The molecule has 1 amide bonds. The molecule has 0 saturated heterocycles. The van der Waals surface area contributed by atoms with Gasteiger partial charge in [-0.2, -0.15) is 0 Å². The molecule has 24 heavy (non-hydrogen) atoms. The van der Waals surface area contributed by atoms with Crippen molar-refractivity contribution in [2.24, 2.45) is 0 Å². The highest BCUT2D eigenvalue weighted by Gasteiger charge is 2.25. The van der Waals surface area contributed by atoms with E-state index in [2.05, 4.69) is 4.72 Å². The van der Waals surface area contributed by atoms with Crippen LogP contribution in [0.2, 0.25) is 0 Å². The van der Waals surface area contributed by atoms with Crippen LogP contribution in [-0.2, 0) is 10.0 Å². The van der Waals surface area contributed by atoms with Crippen LogP contribution in [0, 0.1) is 6.92 Å². The van der Waals surface area contributed by atoms with Crippen molar-refractivity contribution in [2.75, 3.05) is 7.05 Å². The number of carbonyl (C=O) groups excluding carboxylic acids is 1. The molecule has 6 heteroatoms. The van der Waals surface area contributed by atoms with E-state index >= 15 is 0 Å². The van der Waals surface area contributed by atoms with Crippen molar-refractivity contribution in [1.82, 2.24) is 9.62 Å². The number of rotatable bonds is 6. The predicted octanol–water partition coefficient (Wildman–Crippen LogP) is 3.33. The van der Waals surface area contributed by atoms with Crippen molar-refractivity contribution in [1.29, 1.82) is 0 Å². The molecule has 0 aliphatic heterocycles. The molecule has 136 valence electrons. The van der Waals surface area contributed by atoms with Crippen molar-refractivity contribution in [3.05, 3.63) is 29.3 Å². The number of sulfonamides is 1. The second-order valence-electron chi connectivity index (χ2n) is 7.22. The molecule has 0 heterocycles. The van der Waals surface area contributed by atoms with Gasteiger partial charge in [-0.25, -0.2) is 13.1 Å². The van der Waals surface area contributed by atoms with Crippen molar-refractivity contribution in [3.8, 4) is 0 Å². The Labute approximate surface area is 146 Å². The average Bonchev–Trinajstić information content (AvgIpc) is 2.45. The van der Waals surface area contributed by atoms with Crippen molar-refractivity contribution < 1.29 is 13.2 Å². The van der Waals surface area contributed by atoms with E-state index in [1.165, 1.54) is 12.1 Å². The van der Waals surface area contributed by atoms with Gasteiger partial charge in [0.25, 0.3) is 5.91 Å². The largest absolute Gasteiger partial charge is 0.339 e. The highest BCUT2D eigenvalue weighted by Crippen LogP contribution is 2.20. The number of hydrogen-bond acceptors (Lipinski definition) is 3. The molecule has 0 unspecified atom stereocenters. The molecule has 5 nitrogen and oxygen atoms in total. The van der Waals surface area contributed by atoms with E-state index in [4.69, 9.17) is 0 Å². The van der Waals surface area contributed by atoms with Gasteiger partial charge in [0.1, 0.15) is 0 Å². The van der Waals surface area contributed by atoms with Gasteiger partial charge < -0.3 is 4.90 Å². The molecule has 0 aromatic heterocycles. The van der Waals surface area contributed by atoms with Crippen LogP contribution in [-0.4, -0.2) is 37.9 Å². The Morgan fingerprint density at radius 2 is 1.75 bits per heavy atom. The molecule has 0 saturated carbocycles. The quantitative estimate of drug-likeness (QED) is 0.852. The molecular formula is C18H30N2O3S. The smallest absolute Gasteiger partial charge is 0.254 e. The highest BCUT2D eigenvalue weighted by molar-refractivity contribution is 7.89. The zero-order valence-electron chi connectivity index (χ0n) is 15.8. The summed E-state index contributed by atoms with van der Waals surface area (Å²) in [6, 6.07) is 4.84. The zero-order chi connectivity index (χ0) is 18.7. The molecule has 1 aromatic rings. The van der Waals surface area contributed by atoms with Crippen molar-refractivity contribution >= 4 is 15.9 Å². The summed E-state index contributed by atoms with van der Waals surface area (Å²) in [5, 5.41) is 0. The minimum absolute atomic E-state index is 0.115. The second kappa shape index (κ2) is 7.66. The first-order chi connectivity index (χ1) is 10.9. The first kappa shape index (κ1) is 20.6. The van der Waals surface area contributed by atoms with Gasteiger partial charge in [-0.15, -0.1) is 0 Å². The lowest BCUT2D eigenvalue weighted by atomic mass is 10.1. The van der Waals surface area contributed by atoms with E-state index < -0.39 is 15.6 Å². The Kier molecular flexibility index (Phi) is 6.59. The third-order valence-corrected chi connectivity index (χ3v) is 5.76. The average molecular weight is 355 g/mol. The number of amides is 1. The lowest BCUT2D eigenvalue weighted by Crippen LogP contribution is -2.40. The van der Waals surface area contributed by atoms with Crippen LogP contribution in [0.3, 0.4) is 0 Å². The maximum Gasteiger partial charge on any atom is 0.254 e. The van der Waals surface area contributed by atoms with Crippen molar-refractivity contribution in [2.45, 2.75) is 70.9 Å². The van der Waals surface area contributed by atoms with Crippen LogP contribution in [0.25, 0.3) is 0 Å². The fraction of sp³-hybridized carbons (Fsp3) is 0.611. The Bertz CT molecular complexity index is 687. The van der Waals surface area contributed by atoms with E-state index in [0.29, 0.717) is 5.56 Å². The van der Waals surface area contributed by atoms with Crippen LogP contribution < -0.4 is 4.72 Å². The van der Waals surface area contributed by atoms with Gasteiger partial charge in [-0.1, -0.05) is 19.9 Å². The first-order valence-electron chi connectivity index (χ1n) is 8.34. The maximum absolute atomic E-state index is 12.8. The van der Waals surface area contributed by atoms with E-state index in [1.54, 1.807) is 38.8 Å². The molecular weight excluding hydrogens is 324 g/mol. The van der Waals surface area contributed by atoms with Crippen LogP contribution in [0.15, 0.2) is 23.1 Å². The molecule has 1 N–H and O–H groups in total. The highest BCUT2D eigenvalue weighted by atomic mass is 32.2. The molecule has 0 bridgehead atoms. The fourth-order valence-corrected chi connectivity index (χ4v) is 4.10. The van der Waals surface area contributed by atoms with Gasteiger partial charge in [-0.3, -0.25) is 4.79 Å². The predicted molar refractivity (Wildman–Crippen MR) is 97.7 cm³/mol. The van der Waals surface area contributed by atoms with Gasteiger partial charge in [0.2, 0.25) is 10.0 Å². The van der Waals surface area contributed by atoms with Gasteiger partial charge in [0.05, 0.1) is 4.90 Å². The number of carbonyl (C=O) groups is 1. The van der Waals surface area contributed by atoms with Crippen LogP contribution in [0.5, 0.6) is 0 Å². The third kappa shape index (κ3) is 5.05. The molecule has 1 rings (SSSR count). The monoisotopic (exact) mass is 354 g/mol. The Balaban J connectivity index is 3.26. The molecule has 0 aliphatic rings. The molecule has 0 spiro atoms. The van der Waals surface area contributed by atoms with E-state index in [0.717, 1.165) is 18.4 Å². The Morgan fingerprint density at radius 1 is 1.21 bits per heavy atom. The summed E-state index contributed by atoms with van der Waals surface area (Å²) in [5.74, 6) is -0.144. The van der Waals surface area contributed by atoms with E-state index in [1.807, 2.05) is 20.8 Å². The molecule has 0 fully saturated rings. The lowest BCUT2D eigenvalue weighted by Gasteiger charge is -2.27. The van der Waals surface area contributed by atoms with Gasteiger partial charge >= 0.3 is 0 Å². The number of hydrogen-bond donors (Lipinski definition) is 1. The molecule has 0 radical (unpaired) electrons. The standard InChI is InChI=1S/C18H30N2O3S/c1-8-14(9-2)20(7)17(21)16-12-15(11-10-13(16)3)24(22,23)19-18(4,5)6/h10-12,14,19H,8-9H2,1-7H3. The summed E-state index contributed by atoms with van der Waals surface area (Å²) < 4.78 is 27.6. The molecule has 1 aromatic carbocycles. The fourth-order valence-electron chi connectivity index (χ4n) is 2.65. The summed E-state index contributed by atoms with van der Waals surface area (Å²) in [6.45, 7) is 11.3. The third-order valence-electron chi connectivity index (χ3n) is 4.00. The second-order valence-corrected chi connectivity index (χ2v) is 8.90. The number of benzene rings is 1. The maximum atomic E-state index is 12.8. The Hall–Kier alpha value is -1.40. The number of aryl methyl sites for hydroxylation is 1. The molecule has 0 aliphatic carbocycles. The minimum atomic E-state index is -3.67. The summed E-state index contributed by atoms with van der Waals surface area (Å²) in [4.78, 5) is 14.6. The van der Waals surface area contributed by atoms with Crippen LogP contribution in [0.4, 0.5) is 0 Å².